The van der Waals surface area contributed by atoms with Gasteiger partial charge in [0.05, 0.1) is 5.75 Å². The van der Waals surface area contributed by atoms with Gasteiger partial charge in [-0.15, -0.1) is 0 Å². The van der Waals surface area contributed by atoms with Gasteiger partial charge in [0.2, 0.25) is 10.0 Å². The van der Waals surface area contributed by atoms with E-state index in [1.54, 1.807) is 16.4 Å². The largest absolute Gasteiger partial charge is 0.369 e. The van der Waals surface area contributed by atoms with Crippen LogP contribution in [0.1, 0.15) is 5.56 Å². The van der Waals surface area contributed by atoms with Gasteiger partial charge in [0.25, 0.3) is 0 Å². The lowest BCUT2D eigenvalue weighted by molar-refractivity contribution is 0.384. The summed E-state index contributed by atoms with van der Waals surface area (Å²) in [7, 11) is -3.30. The van der Waals surface area contributed by atoms with Gasteiger partial charge in [-0.05, 0) is 29.8 Å². The minimum atomic E-state index is -3.30. The predicted octanol–water partition coefficient (Wildman–Crippen LogP) is 2.48. The molecule has 0 atom stereocenters. The van der Waals surface area contributed by atoms with Crippen molar-refractivity contribution in [2.75, 3.05) is 31.1 Å². The fraction of sp³-hybridized carbons (Fsp3) is 0.294. The molecule has 4 nitrogen and oxygen atoms in total. The molecule has 122 valence electrons. The summed E-state index contributed by atoms with van der Waals surface area (Å²) in [5, 5.41) is 0. The van der Waals surface area contributed by atoms with E-state index in [2.05, 4.69) is 4.90 Å². The monoisotopic (exact) mass is 334 g/mol. The molecule has 23 heavy (non-hydrogen) atoms. The summed E-state index contributed by atoms with van der Waals surface area (Å²) < 4.78 is 39.5. The molecule has 0 spiro atoms. The zero-order chi connectivity index (χ0) is 16.3. The van der Waals surface area contributed by atoms with Crippen molar-refractivity contribution >= 4 is 15.7 Å². The zero-order valence-corrected chi connectivity index (χ0v) is 13.5. The van der Waals surface area contributed by atoms with Crippen LogP contribution in [0.2, 0.25) is 0 Å². The smallest absolute Gasteiger partial charge is 0.218 e. The highest BCUT2D eigenvalue weighted by molar-refractivity contribution is 7.88. The molecule has 0 N–H and O–H groups in total. The van der Waals surface area contributed by atoms with E-state index < -0.39 is 10.0 Å². The molecule has 1 fully saturated rings. The summed E-state index contributed by atoms with van der Waals surface area (Å²) in [5.41, 5.74) is 1.72. The molecule has 6 heteroatoms. The van der Waals surface area contributed by atoms with Gasteiger partial charge < -0.3 is 4.90 Å². The van der Waals surface area contributed by atoms with Crippen LogP contribution in [0.4, 0.5) is 10.1 Å². The lowest BCUT2D eigenvalue weighted by atomic mass is 10.2. The lowest BCUT2D eigenvalue weighted by Gasteiger charge is -2.35. The van der Waals surface area contributed by atoms with Crippen LogP contribution in [0.15, 0.2) is 54.6 Å². The second-order valence-corrected chi connectivity index (χ2v) is 7.57. The number of anilines is 1. The summed E-state index contributed by atoms with van der Waals surface area (Å²) in [6.07, 6.45) is 0. The Hall–Kier alpha value is -1.92. The Morgan fingerprint density at radius 1 is 0.870 bits per heavy atom. The van der Waals surface area contributed by atoms with Crippen LogP contribution in [0.3, 0.4) is 0 Å². The molecule has 0 unspecified atom stereocenters. The van der Waals surface area contributed by atoms with Crippen molar-refractivity contribution < 1.29 is 12.8 Å². The van der Waals surface area contributed by atoms with E-state index in [0.29, 0.717) is 26.2 Å². The Morgan fingerprint density at radius 2 is 1.48 bits per heavy atom. The summed E-state index contributed by atoms with van der Waals surface area (Å²) in [6, 6.07) is 15.5. The molecular weight excluding hydrogens is 315 g/mol. The fourth-order valence-electron chi connectivity index (χ4n) is 2.75. The van der Waals surface area contributed by atoms with E-state index in [4.69, 9.17) is 0 Å². The first-order valence-corrected chi connectivity index (χ1v) is 9.18. The molecule has 0 bridgehead atoms. The highest BCUT2D eigenvalue weighted by atomic mass is 32.2. The summed E-state index contributed by atoms with van der Waals surface area (Å²) in [5.74, 6) is -0.234. The number of piperazine rings is 1. The topological polar surface area (TPSA) is 40.6 Å². The van der Waals surface area contributed by atoms with E-state index in [-0.39, 0.29) is 11.6 Å². The van der Waals surface area contributed by atoms with Crippen LogP contribution in [-0.2, 0) is 15.8 Å². The second kappa shape index (κ2) is 6.68. The molecule has 2 aromatic rings. The van der Waals surface area contributed by atoms with E-state index in [1.807, 2.05) is 30.3 Å². The molecule has 1 aliphatic heterocycles. The van der Waals surface area contributed by atoms with Crippen LogP contribution in [0.5, 0.6) is 0 Å². The fourth-order valence-corrected chi connectivity index (χ4v) is 4.27. The van der Waals surface area contributed by atoms with Crippen molar-refractivity contribution in [3.05, 3.63) is 66.0 Å². The minimum absolute atomic E-state index is 0.0321. The van der Waals surface area contributed by atoms with E-state index in [9.17, 15) is 12.8 Å². The van der Waals surface area contributed by atoms with Gasteiger partial charge in [-0.2, -0.15) is 4.31 Å². The average Bonchev–Trinajstić information content (AvgIpc) is 2.56. The maximum absolute atomic E-state index is 13.0. The van der Waals surface area contributed by atoms with Crippen molar-refractivity contribution in [1.82, 2.24) is 4.31 Å². The normalized spacial score (nSPS) is 16.5. The zero-order valence-electron chi connectivity index (χ0n) is 12.7. The molecule has 0 radical (unpaired) electrons. The first-order valence-electron chi connectivity index (χ1n) is 7.57. The third-order valence-corrected chi connectivity index (χ3v) is 5.87. The molecule has 0 aliphatic carbocycles. The van der Waals surface area contributed by atoms with Gasteiger partial charge in [-0.25, -0.2) is 12.8 Å². The molecule has 1 heterocycles. The molecule has 0 amide bonds. The summed E-state index contributed by atoms with van der Waals surface area (Å²) >= 11 is 0. The molecule has 0 saturated carbocycles. The van der Waals surface area contributed by atoms with Crippen LogP contribution < -0.4 is 4.90 Å². The van der Waals surface area contributed by atoms with Gasteiger partial charge in [-0.3, -0.25) is 0 Å². The highest BCUT2D eigenvalue weighted by Gasteiger charge is 2.27. The average molecular weight is 334 g/mol. The van der Waals surface area contributed by atoms with Gasteiger partial charge in [0.15, 0.2) is 0 Å². The van der Waals surface area contributed by atoms with Crippen molar-refractivity contribution in [3.63, 3.8) is 0 Å². The maximum Gasteiger partial charge on any atom is 0.218 e. The van der Waals surface area contributed by atoms with Crippen molar-refractivity contribution in [3.8, 4) is 0 Å². The Kier molecular flexibility index (Phi) is 4.63. The Bertz CT molecular complexity index is 740. The third-order valence-electron chi connectivity index (χ3n) is 4.02. The predicted molar refractivity (Wildman–Crippen MR) is 89.3 cm³/mol. The van der Waals surface area contributed by atoms with Gasteiger partial charge in [0, 0.05) is 31.9 Å². The van der Waals surface area contributed by atoms with Crippen molar-refractivity contribution in [2.24, 2.45) is 0 Å². The highest BCUT2D eigenvalue weighted by Crippen LogP contribution is 2.19. The first-order chi connectivity index (χ1) is 11.0. The molecule has 1 aliphatic rings. The lowest BCUT2D eigenvalue weighted by Crippen LogP contribution is -2.49. The number of sulfonamides is 1. The Morgan fingerprint density at radius 3 is 2.09 bits per heavy atom. The van der Waals surface area contributed by atoms with E-state index in [1.165, 1.54) is 12.1 Å². The SMILES string of the molecule is O=S(=O)(Cc1ccccc1)N1CCN(c2ccc(F)cc2)CC1. The Balaban J connectivity index is 1.63. The number of halogens is 1. The standard InChI is InChI=1S/C17H19FN2O2S/c18-16-6-8-17(9-7-16)19-10-12-20(13-11-19)23(21,22)14-15-4-2-1-3-5-15/h1-9H,10-14H2. The maximum atomic E-state index is 13.0. The number of hydrogen-bond donors (Lipinski definition) is 0. The summed E-state index contributed by atoms with van der Waals surface area (Å²) in [4.78, 5) is 2.08. The van der Waals surface area contributed by atoms with Crippen LogP contribution in [0.25, 0.3) is 0 Å². The number of benzene rings is 2. The Labute approximate surface area is 136 Å². The number of rotatable bonds is 4. The van der Waals surface area contributed by atoms with Gasteiger partial charge in [0.1, 0.15) is 5.82 Å². The third kappa shape index (κ3) is 3.89. The molecule has 1 saturated heterocycles. The first kappa shape index (κ1) is 16.0. The van der Waals surface area contributed by atoms with E-state index in [0.717, 1.165) is 11.3 Å². The minimum Gasteiger partial charge on any atom is -0.369 e. The molecule has 2 aromatic carbocycles. The van der Waals surface area contributed by atoms with Gasteiger partial charge in [-0.1, -0.05) is 30.3 Å². The molecular formula is C17H19FN2O2S. The number of nitrogens with zero attached hydrogens (tertiary/aromatic N) is 2. The van der Waals surface area contributed by atoms with Crippen molar-refractivity contribution in [1.29, 1.82) is 0 Å². The van der Waals surface area contributed by atoms with Crippen LogP contribution in [0, 0.1) is 5.82 Å². The van der Waals surface area contributed by atoms with Crippen LogP contribution in [-0.4, -0.2) is 38.9 Å². The van der Waals surface area contributed by atoms with E-state index >= 15 is 0 Å². The second-order valence-electron chi connectivity index (χ2n) is 5.60. The summed E-state index contributed by atoms with van der Waals surface area (Å²) in [6.45, 7) is 2.12. The van der Waals surface area contributed by atoms with Gasteiger partial charge >= 0.3 is 0 Å². The molecule has 3 rings (SSSR count). The van der Waals surface area contributed by atoms with Crippen molar-refractivity contribution in [2.45, 2.75) is 5.75 Å². The molecule has 0 aromatic heterocycles. The number of hydrogen-bond acceptors (Lipinski definition) is 3. The quantitative estimate of drug-likeness (QED) is 0.862. The van der Waals surface area contributed by atoms with Crippen LogP contribution >= 0.6 is 0 Å².